The van der Waals surface area contributed by atoms with Gasteiger partial charge in [-0.1, -0.05) is 0 Å². The summed E-state index contributed by atoms with van der Waals surface area (Å²) in [6.07, 6.45) is 13.5. The molecule has 0 spiro atoms. The van der Waals surface area contributed by atoms with Gasteiger partial charge >= 0.3 is 149 Å². The molecule has 0 unspecified atom stereocenters. The first kappa shape index (κ1) is 22.5. The maximum absolute atomic E-state index is 2.50. The van der Waals surface area contributed by atoms with Crippen molar-refractivity contribution in [3.8, 4) is 0 Å². The topological polar surface area (TPSA) is 0 Å². The Morgan fingerprint density at radius 1 is 0.958 bits per heavy atom. The average molecular weight is 447 g/mol. The second-order valence-corrected chi connectivity index (χ2v) is 11.2. The van der Waals surface area contributed by atoms with Crippen molar-refractivity contribution in [1.29, 1.82) is 0 Å². The first-order valence-corrected chi connectivity index (χ1v) is 11.4. The van der Waals surface area contributed by atoms with E-state index in [1.54, 1.807) is 22.3 Å². The molecule has 0 aromatic rings. The molecular weight excluding hydrogens is 414 g/mol. The Hall–Kier alpha value is 0.423. The molecule has 0 aliphatic heterocycles. The maximum atomic E-state index is 2.50. The molecule has 1 fully saturated rings. The first-order valence-electron chi connectivity index (χ1n) is 8.99. The molecule has 0 heterocycles. The minimum atomic E-state index is -0.622. The van der Waals surface area contributed by atoms with Gasteiger partial charge in [-0.3, -0.25) is 0 Å². The van der Waals surface area contributed by atoms with Gasteiger partial charge in [-0.05, 0) is 0 Å². The Balaban J connectivity index is 0.00000144. The normalized spacial score (nSPS) is 23.5. The third-order valence-electron chi connectivity index (χ3n) is 6.35. The van der Waals surface area contributed by atoms with Gasteiger partial charge < -0.3 is 0 Å². The summed E-state index contributed by atoms with van der Waals surface area (Å²) in [5, 5.41) is 0. The van der Waals surface area contributed by atoms with Gasteiger partial charge in [0.15, 0.2) is 0 Å². The van der Waals surface area contributed by atoms with Crippen molar-refractivity contribution in [3.05, 3.63) is 41.0 Å². The molecule has 0 radical (unpaired) electrons. The van der Waals surface area contributed by atoms with Crippen LogP contribution in [-0.2, 0) is 23.2 Å². The van der Waals surface area contributed by atoms with Gasteiger partial charge in [-0.15, -0.1) is 24.8 Å². The van der Waals surface area contributed by atoms with Crippen LogP contribution in [0.2, 0.25) is 0 Å². The Kier molecular flexibility index (Phi) is 8.31. The summed E-state index contributed by atoms with van der Waals surface area (Å²) in [4.78, 5) is 0. The largest absolute Gasteiger partial charge is 0.147 e. The van der Waals surface area contributed by atoms with Gasteiger partial charge in [0.05, 0.1) is 0 Å². The molecule has 3 heteroatoms. The summed E-state index contributed by atoms with van der Waals surface area (Å²) in [6.45, 7) is 12.0. The van der Waals surface area contributed by atoms with Crippen LogP contribution in [0.25, 0.3) is 0 Å². The van der Waals surface area contributed by atoms with Crippen molar-refractivity contribution in [3.63, 3.8) is 0 Å². The first-order chi connectivity index (χ1) is 10.4. The van der Waals surface area contributed by atoms with E-state index in [4.69, 9.17) is 0 Å². The molecule has 0 aromatic heterocycles. The molecule has 0 amide bonds. The molecule has 0 saturated heterocycles. The minimum Gasteiger partial charge on any atom is -0.147 e. The number of hydrogen-bond donors (Lipinski definition) is 0. The second-order valence-electron chi connectivity index (χ2n) is 7.88. The van der Waals surface area contributed by atoms with E-state index in [1.165, 1.54) is 38.5 Å². The SMILES string of the molecule is CC1=C(C)C(C)(C)[C]([Zr][C]2=C(C3CCCCC3)C=CC2)=C1C.Cl.Cl. The molecule has 0 N–H and O–H groups in total. The van der Waals surface area contributed by atoms with E-state index in [9.17, 15) is 0 Å². The summed E-state index contributed by atoms with van der Waals surface area (Å²) in [6, 6.07) is 0. The van der Waals surface area contributed by atoms with Gasteiger partial charge in [-0.25, -0.2) is 0 Å². The van der Waals surface area contributed by atoms with Crippen LogP contribution >= 0.6 is 24.8 Å². The molecule has 3 rings (SSSR count). The van der Waals surface area contributed by atoms with Crippen molar-refractivity contribution in [2.45, 2.75) is 73.1 Å². The fraction of sp³-hybridized carbons (Fsp3) is 0.619. The molecule has 134 valence electrons. The van der Waals surface area contributed by atoms with E-state index in [-0.39, 0.29) is 24.8 Å². The third-order valence-corrected chi connectivity index (χ3v) is 11.4. The molecule has 0 bridgehead atoms. The minimum absolute atomic E-state index is 0. The summed E-state index contributed by atoms with van der Waals surface area (Å²) < 4.78 is 3.73. The van der Waals surface area contributed by atoms with E-state index < -0.39 is 23.2 Å². The maximum Gasteiger partial charge on any atom is -0.147 e. The van der Waals surface area contributed by atoms with Crippen LogP contribution in [0.5, 0.6) is 0 Å². The van der Waals surface area contributed by atoms with E-state index in [2.05, 4.69) is 46.8 Å². The van der Waals surface area contributed by atoms with Crippen LogP contribution in [0.15, 0.2) is 41.0 Å². The van der Waals surface area contributed by atoms with Gasteiger partial charge in [0.25, 0.3) is 0 Å². The zero-order valence-electron chi connectivity index (χ0n) is 15.8. The standard InChI is InChI=1S/C11H15.C10H15.2ClH.Zr/c1-2-6-10(7-3-1)11-8-4-5-9-11;1-7-6-10(4,5)9(3)8(7)2;;;/h4,8,10H,1-3,5-7H2;1-5H3;2*1H;. The summed E-state index contributed by atoms with van der Waals surface area (Å²) in [5.41, 5.74) is 6.94. The monoisotopic (exact) mass is 444 g/mol. The van der Waals surface area contributed by atoms with Gasteiger partial charge in [0.2, 0.25) is 0 Å². The fourth-order valence-electron chi connectivity index (χ4n) is 4.44. The molecule has 0 aromatic carbocycles. The van der Waals surface area contributed by atoms with E-state index in [0.717, 1.165) is 5.92 Å². The van der Waals surface area contributed by atoms with Crippen molar-refractivity contribution in [1.82, 2.24) is 0 Å². The molecule has 24 heavy (non-hydrogen) atoms. The number of rotatable bonds is 3. The molecule has 3 aliphatic carbocycles. The van der Waals surface area contributed by atoms with Crippen molar-refractivity contribution in [2.24, 2.45) is 11.3 Å². The predicted molar refractivity (Wildman–Crippen MR) is 107 cm³/mol. The molecule has 1 saturated carbocycles. The van der Waals surface area contributed by atoms with Crippen LogP contribution in [0, 0.1) is 11.3 Å². The smallest absolute Gasteiger partial charge is 0.147 e. The van der Waals surface area contributed by atoms with E-state index in [1.807, 2.05) is 6.56 Å². The van der Waals surface area contributed by atoms with Crippen molar-refractivity contribution < 1.29 is 23.2 Å². The predicted octanol–water partition coefficient (Wildman–Crippen LogP) is 7.36. The number of hydrogen-bond acceptors (Lipinski definition) is 0. The Bertz CT molecular complexity index is 599. The quantitative estimate of drug-likeness (QED) is 0.425. The van der Waals surface area contributed by atoms with Crippen molar-refractivity contribution in [2.75, 3.05) is 0 Å². The van der Waals surface area contributed by atoms with Crippen LogP contribution in [0.4, 0.5) is 0 Å². The van der Waals surface area contributed by atoms with E-state index >= 15 is 0 Å². The van der Waals surface area contributed by atoms with Gasteiger partial charge in [0, 0.05) is 0 Å². The third kappa shape index (κ3) is 4.05. The zero-order valence-corrected chi connectivity index (χ0v) is 19.9. The molecule has 0 atom stereocenters. The number of halogens is 2. The van der Waals surface area contributed by atoms with E-state index in [0.29, 0.717) is 5.41 Å². The average Bonchev–Trinajstić information content (AvgIpc) is 3.03. The molecule has 3 aliphatic rings. The summed E-state index contributed by atoms with van der Waals surface area (Å²) in [5.74, 6) is 0.893. The van der Waals surface area contributed by atoms with Crippen LogP contribution in [0.3, 0.4) is 0 Å². The number of allylic oxidation sites excluding steroid dienone is 8. The molecule has 0 nitrogen and oxygen atoms in total. The Morgan fingerprint density at radius 2 is 1.58 bits per heavy atom. The zero-order chi connectivity index (χ0) is 15.9. The van der Waals surface area contributed by atoms with Gasteiger partial charge in [-0.2, -0.15) is 0 Å². The van der Waals surface area contributed by atoms with Crippen molar-refractivity contribution >= 4 is 24.8 Å². The fourth-order valence-corrected chi connectivity index (χ4v) is 8.93. The van der Waals surface area contributed by atoms with Crippen LogP contribution in [0.1, 0.15) is 73.1 Å². The summed E-state index contributed by atoms with van der Waals surface area (Å²) in [7, 11) is 0. The molecular formula is C21H32Cl2Zr. The Labute approximate surface area is 172 Å². The second kappa shape index (κ2) is 8.88. The van der Waals surface area contributed by atoms with Gasteiger partial charge in [0.1, 0.15) is 0 Å². The van der Waals surface area contributed by atoms with Crippen LogP contribution < -0.4 is 0 Å². The Morgan fingerprint density at radius 3 is 2.12 bits per heavy atom. The summed E-state index contributed by atoms with van der Waals surface area (Å²) >= 11 is -0.622. The van der Waals surface area contributed by atoms with Crippen LogP contribution in [-0.4, -0.2) is 0 Å².